The van der Waals surface area contributed by atoms with Gasteiger partial charge in [0, 0.05) is 22.6 Å². The number of carbonyl (C=O) groups is 1. The Morgan fingerprint density at radius 2 is 1.89 bits per heavy atom. The number of ketones is 1. The molecule has 0 aromatic heterocycles. The molecule has 2 rings (SSSR count). The van der Waals surface area contributed by atoms with E-state index in [9.17, 15) is 9.18 Å². The van der Waals surface area contributed by atoms with Crippen molar-refractivity contribution in [3.63, 3.8) is 0 Å². The monoisotopic (exact) mass is 297 g/mol. The van der Waals surface area contributed by atoms with Crippen LogP contribution in [0.1, 0.15) is 15.9 Å². The summed E-state index contributed by atoms with van der Waals surface area (Å²) in [4.78, 5) is 12.1. The Morgan fingerprint density at radius 1 is 1.16 bits per heavy atom. The van der Waals surface area contributed by atoms with Crippen LogP contribution in [0.4, 0.5) is 10.1 Å². The summed E-state index contributed by atoms with van der Waals surface area (Å²) in [6.45, 7) is 0. The zero-order valence-electron chi connectivity index (χ0n) is 9.79. The molecule has 19 heavy (non-hydrogen) atoms. The first-order chi connectivity index (χ1) is 8.99. The minimum absolute atomic E-state index is 0.119. The fraction of sp³-hybridized carbons (Fsp3) is 0.0714. The van der Waals surface area contributed by atoms with Crippen LogP contribution in [0.25, 0.3) is 0 Å². The number of Topliss-reactive ketones (excluding diaryl/α,β-unsaturated/α-hetero) is 1. The summed E-state index contributed by atoms with van der Waals surface area (Å²) < 4.78 is 13.6. The maximum atomic E-state index is 13.6. The standard InChI is InChI=1S/C14H10Cl2FNO/c15-10-2-1-3-12(17)9(10)7-14(19)8-4-5-13(18)11(16)6-8/h1-6H,7,18H2. The zero-order chi connectivity index (χ0) is 14.0. The van der Waals surface area contributed by atoms with Gasteiger partial charge in [-0.15, -0.1) is 0 Å². The van der Waals surface area contributed by atoms with E-state index in [1.54, 1.807) is 18.2 Å². The van der Waals surface area contributed by atoms with E-state index in [4.69, 9.17) is 28.9 Å². The Kier molecular flexibility index (Phi) is 4.08. The first-order valence-electron chi connectivity index (χ1n) is 5.50. The van der Waals surface area contributed by atoms with Crippen LogP contribution in [-0.4, -0.2) is 5.78 Å². The van der Waals surface area contributed by atoms with Gasteiger partial charge in [0.15, 0.2) is 5.78 Å². The van der Waals surface area contributed by atoms with Crippen molar-refractivity contribution < 1.29 is 9.18 Å². The third-order valence-corrected chi connectivity index (χ3v) is 3.40. The topological polar surface area (TPSA) is 43.1 Å². The minimum Gasteiger partial charge on any atom is -0.398 e. The second kappa shape index (κ2) is 5.59. The molecule has 0 bridgehead atoms. The van der Waals surface area contributed by atoms with Crippen LogP contribution in [0.3, 0.4) is 0 Å². The van der Waals surface area contributed by atoms with Gasteiger partial charge in [-0.2, -0.15) is 0 Å². The van der Waals surface area contributed by atoms with Gasteiger partial charge >= 0.3 is 0 Å². The van der Waals surface area contributed by atoms with Crippen LogP contribution in [-0.2, 0) is 6.42 Å². The number of hydrogen-bond donors (Lipinski definition) is 1. The lowest BCUT2D eigenvalue weighted by Gasteiger charge is -2.06. The highest BCUT2D eigenvalue weighted by molar-refractivity contribution is 6.33. The Morgan fingerprint density at radius 3 is 2.53 bits per heavy atom. The lowest BCUT2D eigenvalue weighted by molar-refractivity contribution is 0.0992. The molecule has 0 atom stereocenters. The van der Waals surface area contributed by atoms with Gasteiger partial charge in [0.2, 0.25) is 0 Å². The van der Waals surface area contributed by atoms with Crippen molar-refractivity contribution in [1.82, 2.24) is 0 Å². The van der Waals surface area contributed by atoms with E-state index in [2.05, 4.69) is 0 Å². The summed E-state index contributed by atoms with van der Waals surface area (Å²) >= 11 is 11.7. The van der Waals surface area contributed by atoms with E-state index < -0.39 is 5.82 Å². The largest absolute Gasteiger partial charge is 0.398 e. The van der Waals surface area contributed by atoms with Crippen LogP contribution in [0.2, 0.25) is 10.0 Å². The fourth-order valence-electron chi connectivity index (χ4n) is 1.66. The molecule has 2 aromatic carbocycles. The molecule has 0 unspecified atom stereocenters. The van der Waals surface area contributed by atoms with E-state index in [0.717, 1.165) is 0 Å². The molecule has 0 aliphatic heterocycles. The van der Waals surface area contributed by atoms with Crippen molar-refractivity contribution in [2.24, 2.45) is 0 Å². The average Bonchev–Trinajstić information content (AvgIpc) is 2.37. The molecule has 0 fully saturated rings. The summed E-state index contributed by atoms with van der Waals surface area (Å²) in [5.74, 6) is -0.767. The summed E-state index contributed by atoms with van der Waals surface area (Å²) in [6, 6.07) is 8.87. The van der Waals surface area contributed by atoms with Crippen LogP contribution in [0.15, 0.2) is 36.4 Å². The Bertz CT molecular complexity index is 623. The van der Waals surface area contributed by atoms with Gasteiger partial charge in [-0.05, 0) is 30.3 Å². The van der Waals surface area contributed by atoms with Crippen molar-refractivity contribution >= 4 is 34.7 Å². The van der Waals surface area contributed by atoms with Gasteiger partial charge in [-0.3, -0.25) is 4.79 Å². The van der Waals surface area contributed by atoms with E-state index in [1.807, 2.05) is 0 Å². The van der Waals surface area contributed by atoms with Crippen molar-refractivity contribution in [2.45, 2.75) is 6.42 Å². The van der Waals surface area contributed by atoms with Gasteiger partial charge in [0.05, 0.1) is 10.7 Å². The number of benzene rings is 2. The highest BCUT2D eigenvalue weighted by Crippen LogP contribution is 2.23. The lowest BCUT2D eigenvalue weighted by Crippen LogP contribution is -2.06. The Labute approximate surface area is 119 Å². The number of carbonyl (C=O) groups excluding carboxylic acids is 1. The van der Waals surface area contributed by atoms with Crippen molar-refractivity contribution in [1.29, 1.82) is 0 Å². The van der Waals surface area contributed by atoms with Crippen LogP contribution >= 0.6 is 23.2 Å². The molecule has 2 nitrogen and oxygen atoms in total. The van der Waals surface area contributed by atoms with Gasteiger partial charge in [0.1, 0.15) is 5.82 Å². The Hall–Kier alpha value is -1.58. The van der Waals surface area contributed by atoms with Crippen LogP contribution < -0.4 is 5.73 Å². The number of nitrogens with two attached hydrogens (primary N) is 1. The SMILES string of the molecule is Nc1ccc(C(=O)Cc2c(F)cccc2Cl)cc1Cl. The third kappa shape index (κ3) is 3.06. The number of anilines is 1. The van der Waals surface area contributed by atoms with E-state index in [0.29, 0.717) is 16.3 Å². The summed E-state index contributed by atoms with van der Waals surface area (Å²) in [7, 11) is 0. The molecule has 0 heterocycles. The van der Waals surface area contributed by atoms with Gasteiger partial charge in [-0.1, -0.05) is 29.3 Å². The summed E-state index contributed by atoms with van der Waals surface area (Å²) in [5, 5.41) is 0.528. The van der Waals surface area contributed by atoms with Crippen molar-refractivity contribution in [2.75, 3.05) is 5.73 Å². The highest BCUT2D eigenvalue weighted by Gasteiger charge is 2.14. The third-order valence-electron chi connectivity index (χ3n) is 2.72. The fourth-order valence-corrected chi connectivity index (χ4v) is 2.07. The second-order valence-corrected chi connectivity index (χ2v) is 4.85. The smallest absolute Gasteiger partial charge is 0.167 e. The number of rotatable bonds is 3. The maximum absolute atomic E-state index is 13.6. The quantitative estimate of drug-likeness (QED) is 0.683. The summed E-state index contributed by atoms with van der Waals surface area (Å²) in [5.41, 5.74) is 6.51. The molecule has 0 aliphatic rings. The number of nitrogen functional groups attached to an aromatic ring is 1. The molecule has 0 saturated heterocycles. The predicted octanol–water partition coefficient (Wildman–Crippen LogP) is 4.14. The molecule has 0 spiro atoms. The molecule has 0 radical (unpaired) electrons. The van der Waals surface area contributed by atoms with E-state index >= 15 is 0 Å². The number of hydrogen-bond acceptors (Lipinski definition) is 2. The van der Waals surface area contributed by atoms with Crippen molar-refractivity contribution in [3.8, 4) is 0 Å². The van der Waals surface area contributed by atoms with E-state index in [-0.39, 0.29) is 22.8 Å². The van der Waals surface area contributed by atoms with Gasteiger partial charge in [0.25, 0.3) is 0 Å². The predicted molar refractivity (Wildman–Crippen MR) is 75.3 cm³/mol. The van der Waals surface area contributed by atoms with Gasteiger partial charge < -0.3 is 5.73 Å². The molecular formula is C14H10Cl2FNO. The van der Waals surface area contributed by atoms with Crippen LogP contribution in [0.5, 0.6) is 0 Å². The van der Waals surface area contributed by atoms with E-state index in [1.165, 1.54) is 18.2 Å². The summed E-state index contributed by atoms with van der Waals surface area (Å²) in [6.07, 6.45) is -0.119. The average molecular weight is 298 g/mol. The molecule has 2 N–H and O–H groups in total. The molecule has 98 valence electrons. The highest BCUT2D eigenvalue weighted by atomic mass is 35.5. The first kappa shape index (κ1) is 13.8. The number of halogens is 3. The molecule has 0 amide bonds. The lowest BCUT2D eigenvalue weighted by atomic mass is 10.0. The van der Waals surface area contributed by atoms with Crippen LogP contribution in [0, 0.1) is 5.82 Å². The minimum atomic E-state index is -0.498. The Balaban J connectivity index is 2.28. The second-order valence-electron chi connectivity index (χ2n) is 4.04. The normalized spacial score (nSPS) is 10.5. The zero-order valence-corrected chi connectivity index (χ0v) is 11.3. The molecule has 0 aliphatic carbocycles. The molecule has 0 saturated carbocycles. The van der Waals surface area contributed by atoms with Gasteiger partial charge in [-0.25, -0.2) is 4.39 Å². The first-order valence-corrected chi connectivity index (χ1v) is 6.25. The maximum Gasteiger partial charge on any atom is 0.167 e. The molecule has 5 heteroatoms. The molecule has 2 aromatic rings. The molecular weight excluding hydrogens is 288 g/mol. The van der Waals surface area contributed by atoms with Crippen molar-refractivity contribution in [3.05, 3.63) is 63.4 Å².